The Hall–Kier alpha value is -1.13. The Morgan fingerprint density at radius 2 is 2.00 bits per heavy atom. The summed E-state index contributed by atoms with van der Waals surface area (Å²) in [5.74, 6) is -0.225. The molecule has 2 N–H and O–H groups in total. The molecule has 3 nitrogen and oxygen atoms in total. The molecule has 1 aromatic carbocycles. The van der Waals surface area contributed by atoms with Crippen LogP contribution < -0.4 is 10.6 Å². The van der Waals surface area contributed by atoms with Crippen LogP contribution in [0.3, 0.4) is 0 Å². The van der Waals surface area contributed by atoms with Gasteiger partial charge in [-0.2, -0.15) is 0 Å². The number of hydrogen-bond acceptors (Lipinski definition) is 3. The third kappa shape index (κ3) is 2.76. The summed E-state index contributed by atoms with van der Waals surface area (Å²) in [5, 5.41) is 0. The van der Waals surface area contributed by atoms with E-state index in [1.807, 2.05) is 19.9 Å². The first kappa shape index (κ1) is 12.3. The molecule has 0 spiro atoms. The number of anilines is 1. The van der Waals surface area contributed by atoms with Gasteiger partial charge in [0.25, 0.3) is 0 Å². The molecule has 2 rings (SSSR count). The predicted octanol–water partition coefficient (Wildman–Crippen LogP) is 1.90. The van der Waals surface area contributed by atoms with Crippen LogP contribution in [0.2, 0.25) is 0 Å². The molecule has 0 radical (unpaired) electrons. The number of hydrogen-bond donors (Lipinski definition) is 1. The van der Waals surface area contributed by atoms with E-state index >= 15 is 0 Å². The number of halogens is 1. The fourth-order valence-corrected chi connectivity index (χ4v) is 2.29. The molecule has 1 heterocycles. The number of rotatable bonds is 2. The minimum Gasteiger partial charge on any atom is -0.372 e. The van der Waals surface area contributed by atoms with Gasteiger partial charge in [0, 0.05) is 30.9 Å². The maximum atomic E-state index is 13.7. The number of nitrogens with zero attached hydrogens (tertiary/aromatic N) is 1. The lowest BCUT2D eigenvalue weighted by Crippen LogP contribution is -2.45. The van der Waals surface area contributed by atoms with Gasteiger partial charge in [-0.15, -0.1) is 0 Å². The Bertz CT molecular complexity index is 387. The summed E-state index contributed by atoms with van der Waals surface area (Å²) in [6.45, 7) is 5.90. The largest absolute Gasteiger partial charge is 0.372 e. The van der Waals surface area contributed by atoms with E-state index in [1.165, 1.54) is 0 Å². The van der Waals surface area contributed by atoms with Crippen molar-refractivity contribution in [2.24, 2.45) is 5.73 Å². The van der Waals surface area contributed by atoms with E-state index in [4.69, 9.17) is 10.5 Å². The lowest BCUT2D eigenvalue weighted by molar-refractivity contribution is -0.00523. The molecule has 1 saturated heterocycles. The van der Waals surface area contributed by atoms with Crippen LogP contribution in [0.5, 0.6) is 0 Å². The standard InChI is InChI=1S/C13H19FN2O/c1-9-7-16(8-10(2)17-9)12-4-3-11(6-15)13(14)5-12/h3-5,9-10H,6-8,15H2,1-2H3. The zero-order valence-electron chi connectivity index (χ0n) is 10.3. The van der Waals surface area contributed by atoms with Crippen LogP contribution in [0.15, 0.2) is 18.2 Å². The molecule has 2 atom stereocenters. The van der Waals surface area contributed by atoms with Gasteiger partial charge in [0.1, 0.15) is 5.82 Å². The monoisotopic (exact) mass is 238 g/mol. The summed E-state index contributed by atoms with van der Waals surface area (Å²) in [5.41, 5.74) is 6.91. The van der Waals surface area contributed by atoms with Crippen LogP contribution in [0.25, 0.3) is 0 Å². The van der Waals surface area contributed by atoms with Gasteiger partial charge in [-0.25, -0.2) is 4.39 Å². The van der Waals surface area contributed by atoms with Gasteiger partial charge < -0.3 is 15.4 Å². The molecule has 0 aliphatic carbocycles. The maximum absolute atomic E-state index is 13.7. The quantitative estimate of drug-likeness (QED) is 0.855. The zero-order valence-corrected chi connectivity index (χ0v) is 10.3. The lowest BCUT2D eigenvalue weighted by atomic mass is 10.1. The Balaban J connectivity index is 2.19. The van der Waals surface area contributed by atoms with E-state index in [0.29, 0.717) is 5.56 Å². The Morgan fingerprint density at radius 3 is 2.53 bits per heavy atom. The molecule has 0 aromatic heterocycles. The van der Waals surface area contributed by atoms with Crippen molar-refractivity contribution >= 4 is 5.69 Å². The second-order valence-electron chi connectivity index (χ2n) is 4.64. The SMILES string of the molecule is CC1CN(c2ccc(CN)c(F)c2)CC(C)O1. The summed E-state index contributed by atoms with van der Waals surface area (Å²) in [6.07, 6.45) is 0.354. The van der Waals surface area contributed by atoms with Crippen molar-refractivity contribution in [1.29, 1.82) is 0 Å². The van der Waals surface area contributed by atoms with Gasteiger partial charge in [0.05, 0.1) is 12.2 Å². The van der Waals surface area contributed by atoms with Gasteiger partial charge in [-0.3, -0.25) is 0 Å². The molecule has 4 heteroatoms. The molecule has 1 aliphatic heterocycles. The number of nitrogens with two attached hydrogens (primary N) is 1. The fourth-order valence-electron chi connectivity index (χ4n) is 2.29. The van der Waals surface area contributed by atoms with Crippen molar-refractivity contribution in [1.82, 2.24) is 0 Å². The van der Waals surface area contributed by atoms with Crippen molar-refractivity contribution < 1.29 is 9.13 Å². The minimum absolute atomic E-state index is 0.177. The van der Waals surface area contributed by atoms with Crippen molar-refractivity contribution in [2.45, 2.75) is 32.6 Å². The van der Waals surface area contributed by atoms with E-state index in [1.54, 1.807) is 12.1 Å². The van der Waals surface area contributed by atoms with Crippen molar-refractivity contribution in [3.8, 4) is 0 Å². The molecular weight excluding hydrogens is 219 g/mol. The second kappa shape index (κ2) is 5.02. The highest BCUT2D eigenvalue weighted by atomic mass is 19.1. The molecule has 1 aliphatic rings. The summed E-state index contributed by atoms with van der Waals surface area (Å²) in [4.78, 5) is 2.15. The van der Waals surface area contributed by atoms with Gasteiger partial charge in [-0.1, -0.05) is 6.07 Å². The third-order valence-corrected chi connectivity index (χ3v) is 3.04. The van der Waals surface area contributed by atoms with Gasteiger partial charge >= 0.3 is 0 Å². The highest BCUT2D eigenvalue weighted by Gasteiger charge is 2.22. The number of morpholine rings is 1. The summed E-state index contributed by atoms with van der Waals surface area (Å²) in [7, 11) is 0. The van der Waals surface area contributed by atoms with E-state index in [0.717, 1.165) is 18.8 Å². The first-order chi connectivity index (χ1) is 8.10. The summed E-state index contributed by atoms with van der Waals surface area (Å²) in [6, 6.07) is 5.25. The van der Waals surface area contributed by atoms with Crippen LogP contribution in [-0.4, -0.2) is 25.3 Å². The maximum Gasteiger partial charge on any atom is 0.129 e. The normalized spacial score (nSPS) is 25.1. The molecule has 1 fully saturated rings. The smallest absolute Gasteiger partial charge is 0.129 e. The average molecular weight is 238 g/mol. The van der Waals surface area contributed by atoms with Crippen molar-refractivity contribution in [3.63, 3.8) is 0 Å². The van der Waals surface area contributed by atoms with Crippen LogP contribution in [0, 0.1) is 5.82 Å². The highest BCUT2D eigenvalue weighted by Crippen LogP contribution is 2.22. The zero-order chi connectivity index (χ0) is 12.4. The molecule has 0 amide bonds. The predicted molar refractivity (Wildman–Crippen MR) is 66.5 cm³/mol. The van der Waals surface area contributed by atoms with E-state index in [2.05, 4.69) is 4.90 Å². The molecule has 0 saturated carbocycles. The van der Waals surface area contributed by atoms with Gasteiger partial charge in [0.2, 0.25) is 0 Å². The van der Waals surface area contributed by atoms with Gasteiger partial charge in [-0.05, 0) is 26.0 Å². The Morgan fingerprint density at radius 1 is 1.35 bits per heavy atom. The van der Waals surface area contributed by atoms with Crippen LogP contribution >= 0.6 is 0 Å². The molecular formula is C13H19FN2O. The van der Waals surface area contributed by atoms with Crippen LogP contribution in [-0.2, 0) is 11.3 Å². The number of ether oxygens (including phenoxy) is 1. The summed E-state index contributed by atoms with van der Waals surface area (Å²) < 4.78 is 19.3. The molecule has 94 valence electrons. The third-order valence-electron chi connectivity index (χ3n) is 3.04. The van der Waals surface area contributed by atoms with E-state index in [9.17, 15) is 4.39 Å². The minimum atomic E-state index is -0.225. The Labute approximate surface area is 101 Å². The van der Waals surface area contributed by atoms with E-state index < -0.39 is 0 Å². The number of benzene rings is 1. The topological polar surface area (TPSA) is 38.5 Å². The lowest BCUT2D eigenvalue weighted by Gasteiger charge is -2.37. The average Bonchev–Trinajstić information content (AvgIpc) is 2.27. The van der Waals surface area contributed by atoms with Crippen LogP contribution in [0.1, 0.15) is 19.4 Å². The molecule has 17 heavy (non-hydrogen) atoms. The Kier molecular flexibility index (Phi) is 3.64. The summed E-state index contributed by atoms with van der Waals surface area (Å²) >= 11 is 0. The molecule has 2 unspecified atom stereocenters. The first-order valence-corrected chi connectivity index (χ1v) is 5.99. The second-order valence-corrected chi connectivity index (χ2v) is 4.64. The van der Waals surface area contributed by atoms with Gasteiger partial charge in [0.15, 0.2) is 0 Å². The highest BCUT2D eigenvalue weighted by molar-refractivity contribution is 5.48. The van der Waals surface area contributed by atoms with Crippen LogP contribution in [0.4, 0.5) is 10.1 Å². The molecule has 0 bridgehead atoms. The van der Waals surface area contributed by atoms with Crippen molar-refractivity contribution in [3.05, 3.63) is 29.6 Å². The molecule has 1 aromatic rings. The first-order valence-electron chi connectivity index (χ1n) is 5.99. The van der Waals surface area contributed by atoms with E-state index in [-0.39, 0.29) is 24.6 Å². The fraction of sp³-hybridized carbons (Fsp3) is 0.538. The van der Waals surface area contributed by atoms with Crippen molar-refractivity contribution in [2.75, 3.05) is 18.0 Å².